The SMILES string of the molecule is NCc1cnccc1N1CCOc2ccccc2C1. The van der Waals surface area contributed by atoms with Gasteiger partial charge in [-0.25, -0.2) is 0 Å². The second kappa shape index (κ2) is 5.28. The molecule has 0 saturated heterocycles. The summed E-state index contributed by atoms with van der Waals surface area (Å²) in [6.07, 6.45) is 3.65. The molecule has 3 rings (SSSR count). The molecule has 2 heterocycles. The van der Waals surface area contributed by atoms with E-state index in [0.29, 0.717) is 13.2 Å². The summed E-state index contributed by atoms with van der Waals surface area (Å²) in [7, 11) is 0. The maximum Gasteiger partial charge on any atom is 0.124 e. The van der Waals surface area contributed by atoms with Gasteiger partial charge < -0.3 is 15.4 Å². The minimum atomic E-state index is 0.502. The maximum atomic E-state index is 5.79. The number of pyridine rings is 1. The van der Waals surface area contributed by atoms with Crippen LogP contribution in [0.2, 0.25) is 0 Å². The summed E-state index contributed by atoms with van der Waals surface area (Å²) in [6, 6.07) is 10.2. The van der Waals surface area contributed by atoms with Crippen molar-refractivity contribution in [2.24, 2.45) is 5.73 Å². The van der Waals surface area contributed by atoms with E-state index in [0.717, 1.165) is 30.1 Å². The summed E-state index contributed by atoms with van der Waals surface area (Å²) in [4.78, 5) is 6.44. The van der Waals surface area contributed by atoms with Gasteiger partial charge in [0.15, 0.2) is 0 Å². The van der Waals surface area contributed by atoms with E-state index in [1.807, 2.05) is 36.7 Å². The Morgan fingerprint density at radius 2 is 2.16 bits per heavy atom. The third-order valence-electron chi connectivity index (χ3n) is 3.39. The number of hydrogen-bond donors (Lipinski definition) is 1. The van der Waals surface area contributed by atoms with E-state index in [4.69, 9.17) is 10.5 Å². The topological polar surface area (TPSA) is 51.4 Å². The summed E-state index contributed by atoms with van der Waals surface area (Å²) >= 11 is 0. The zero-order chi connectivity index (χ0) is 13.1. The molecule has 2 aromatic rings. The van der Waals surface area contributed by atoms with Gasteiger partial charge in [-0.05, 0) is 12.1 Å². The lowest BCUT2D eigenvalue weighted by Crippen LogP contribution is -2.26. The molecule has 0 amide bonds. The van der Waals surface area contributed by atoms with E-state index in [-0.39, 0.29) is 0 Å². The molecule has 98 valence electrons. The Labute approximate surface area is 112 Å². The van der Waals surface area contributed by atoms with Crippen molar-refractivity contribution in [3.63, 3.8) is 0 Å². The zero-order valence-electron chi connectivity index (χ0n) is 10.7. The first-order valence-electron chi connectivity index (χ1n) is 6.47. The fourth-order valence-corrected chi connectivity index (χ4v) is 2.42. The van der Waals surface area contributed by atoms with Gasteiger partial charge in [-0.3, -0.25) is 4.98 Å². The van der Waals surface area contributed by atoms with E-state index in [1.165, 1.54) is 5.56 Å². The van der Waals surface area contributed by atoms with Crippen molar-refractivity contribution in [1.82, 2.24) is 4.98 Å². The van der Waals surface area contributed by atoms with E-state index in [2.05, 4.69) is 16.0 Å². The number of aromatic nitrogens is 1. The van der Waals surface area contributed by atoms with E-state index < -0.39 is 0 Å². The molecule has 1 aromatic heterocycles. The van der Waals surface area contributed by atoms with Crippen LogP contribution in [0.25, 0.3) is 0 Å². The molecular weight excluding hydrogens is 238 g/mol. The van der Waals surface area contributed by atoms with Crippen molar-refractivity contribution >= 4 is 5.69 Å². The monoisotopic (exact) mass is 255 g/mol. The largest absolute Gasteiger partial charge is 0.491 e. The van der Waals surface area contributed by atoms with Crippen LogP contribution in [-0.2, 0) is 13.1 Å². The van der Waals surface area contributed by atoms with E-state index in [1.54, 1.807) is 0 Å². The van der Waals surface area contributed by atoms with Crippen LogP contribution >= 0.6 is 0 Å². The van der Waals surface area contributed by atoms with Crippen molar-refractivity contribution < 1.29 is 4.74 Å². The number of rotatable bonds is 2. The summed E-state index contributed by atoms with van der Waals surface area (Å²) in [6.45, 7) is 2.88. The first-order chi connectivity index (χ1) is 9.38. The van der Waals surface area contributed by atoms with Crippen LogP contribution in [0.4, 0.5) is 5.69 Å². The van der Waals surface area contributed by atoms with Gasteiger partial charge >= 0.3 is 0 Å². The summed E-state index contributed by atoms with van der Waals surface area (Å²) in [5.74, 6) is 0.980. The predicted octanol–water partition coefficient (Wildman–Crippen LogP) is 1.94. The molecule has 0 saturated carbocycles. The van der Waals surface area contributed by atoms with Gasteiger partial charge in [0.1, 0.15) is 12.4 Å². The average Bonchev–Trinajstić information content (AvgIpc) is 2.69. The van der Waals surface area contributed by atoms with Gasteiger partial charge in [-0.2, -0.15) is 0 Å². The van der Waals surface area contributed by atoms with Gasteiger partial charge in [0, 0.05) is 42.3 Å². The standard InChI is InChI=1S/C15H17N3O/c16-9-13-10-17-6-5-14(13)18-7-8-19-15-4-2-1-3-12(15)11-18/h1-6,10H,7-9,11,16H2. The highest BCUT2D eigenvalue weighted by molar-refractivity contribution is 5.54. The maximum absolute atomic E-state index is 5.79. The van der Waals surface area contributed by atoms with Crippen LogP contribution in [-0.4, -0.2) is 18.1 Å². The molecule has 0 spiro atoms. The highest BCUT2D eigenvalue weighted by Gasteiger charge is 2.17. The quantitative estimate of drug-likeness (QED) is 0.891. The smallest absolute Gasteiger partial charge is 0.124 e. The summed E-state index contributed by atoms with van der Waals surface area (Å²) in [5, 5.41) is 0. The number of benzene rings is 1. The lowest BCUT2D eigenvalue weighted by atomic mass is 10.1. The molecule has 0 radical (unpaired) electrons. The Hall–Kier alpha value is -2.07. The number of ether oxygens (including phenoxy) is 1. The molecule has 1 aromatic carbocycles. The number of nitrogens with zero attached hydrogens (tertiary/aromatic N) is 2. The van der Waals surface area contributed by atoms with Gasteiger partial charge in [-0.1, -0.05) is 18.2 Å². The highest BCUT2D eigenvalue weighted by Crippen LogP contribution is 2.27. The van der Waals surface area contributed by atoms with Gasteiger partial charge in [0.05, 0.1) is 6.54 Å². The van der Waals surface area contributed by atoms with Crippen molar-refractivity contribution in [3.8, 4) is 5.75 Å². The third-order valence-corrected chi connectivity index (χ3v) is 3.39. The average molecular weight is 255 g/mol. The predicted molar refractivity (Wildman–Crippen MR) is 75.1 cm³/mol. The molecule has 0 atom stereocenters. The number of hydrogen-bond acceptors (Lipinski definition) is 4. The van der Waals surface area contributed by atoms with Crippen LogP contribution in [0.5, 0.6) is 5.75 Å². The lowest BCUT2D eigenvalue weighted by molar-refractivity contribution is 0.331. The molecular formula is C15H17N3O. The molecule has 0 bridgehead atoms. The Morgan fingerprint density at radius 1 is 1.26 bits per heavy atom. The summed E-state index contributed by atoms with van der Waals surface area (Å²) < 4.78 is 5.79. The fourth-order valence-electron chi connectivity index (χ4n) is 2.42. The van der Waals surface area contributed by atoms with Crippen LogP contribution in [0.1, 0.15) is 11.1 Å². The third kappa shape index (κ3) is 2.39. The molecule has 1 aliphatic heterocycles. The van der Waals surface area contributed by atoms with Crippen LogP contribution < -0.4 is 15.4 Å². The first-order valence-corrected chi connectivity index (χ1v) is 6.47. The lowest BCUT2D eigenvalue weighted by Gasteiger charge is -2.24. The normalized spacial score (nSPS) is 14.5. The molecule has 19 heavy (non-hydrogen) atoms. The van der Waals surface area contributed by atoms with Crippen molar-refractivity contribution in [1.29, 1.82) is 0 Å². The second-order valence-corrected chi connectivity index (χ2v) is 4.59. The van der Waals surface area contributed by atoms with Crippen molar-refractivity contribution in [2.45, 2.75) is 13.1 Å². The minimum absolute atomic E-state index is 0.502. The Morgan fingerprint density at radius 3 is 3.05 bits per heavy atom. The number of anilines is 1. The Kier molecular flexibility index (Phi) is 3.33. The highest BCUT2D eigenvalue weighted by atomic mass is 16.5. The Balaban J connectivity index is 1.94. The first kappa shape index (κ1) is 12.0. The Bertz CT molecular complexity index is 571. The minimum Gasteiger partial charge on any atom is -0.491 e. The number of nitrogens with two attached hydrogens (primary N) is 1. The second-order valence-electron chi connectivity index (χ2n) is 4.59. The molecule has 0 aliphatic carbocycles. The van der Waals surface area contributed by atoms with Gasteiger partial charge in [0.2, 0.25) is 0 Å². The number of para-hydroxylation sites is 1. The van der Waals surface area contributed by atoms with Crippen molar-refractivity contribution in [2.75, 3.05) is 18.1 Å². The summed E-state index contributed by atoms with van der Waals surface area (Å²) in [5.41, 5.74) is 9.22. The molecule has 4 heteroatoms. The van der Waals surface area contributed by atoms with Crippen LogP contribution in [0.15, 0.2) is 42.7 Å². The van der Waals surface area contributed by atoms with Gasteiger partial charge in [-0.15, -0.1) is 0 Å². The fraction of sp³-hybridized carbons (Fsp3) is 0.267. The number of fused-ring (bicyclic) bond motifs is 1. The molecule has 4 nitrogen and oxygen atoms in total. The molecule has 0 unspecified atom stereocenters. The molecule has 1 aliphatic rings. The van der Waals surface area contributed by atoms with E-state index >= 15 is 0 Å². The molecule has 2 N–H and O–H groups in total. The van der Waals surface area contributed by atoms with Gasteiger partial charge in [0.25, 0.3) is 0 Å². The zero-order valence-corrected chi connectivity index (χ0v) is 10.7. The van der Waals surface area contributed by atoms with E-state index in [9.17, 15) is 0 Å². The van der Waals surface area contributed by atoms with Crippen LogP contribution in [0.3, 0.4) is 0 Å². The van der Waals surface area contributed by atoms with Crippen molar-refractivity contribution in [3.05, 3.63) is 53.9 Å². The van der Waals surface area contributed by atoms with Crippen LogP contribution in [0, 0.1) is 0 Å². The molecule has 0 fully saturated rings.